The van der Waals surface area contributed by atoms with Crippen LogP contribution in [0.25, 0.3) is 0 Å². The van der Waals surface area contributed by atoms with Crippen molar-refractivity contribution in [3.63, 3.8) is 0 Å². The molecule has 2 fully saturated rings. The van der Waals surface area contributed by atoms with E-state index in [-0.39, 0.29) is 0 Å². The minimum absolute atomic E-state index is 0.810. The van der Waals surface area contributed by atoms with Crippen molar-refractivity contribution in [1.82, 2.24) is 5.32 Å². The second kappa shape index (κ2) is 3.56. The average Bonchev–Trinajstić information content (AvgIpc) is 2.27. The Morgan fingerprint density at radius 2 is 1.21 bits per heavy atom. The second-order valence-electron chi connectivity index (χ2n) is 5.05. The molecule has 0 unspecified atom stereocenters. The SMILES string of the molecule is C1=C2CCC(CC2)NC2CCC=1CC2. The average molecular weight is 189 g/mol. The van der Waals surface area contributed by atoms with Crippen LogP contribution >= 0.6 is 0 Å². The van der Waals surface area contributed by atoms with E-state index in [9.17, 15) is 0 Å². The van der Waals surface area contributed by atoms with E-state index >= 15 is 0 Å². The molecule has 2 saturated carbocycles. The first-order valence-electron chi connectivity index (χ1n) is 6.12. The molecule has 0 aromatic heterocycles. The lowest BCUT2D eigenvalue weighted by molar-refractivity contribution is 0.324. The number of rotatable bonds is 0. The van der Waals surface area contributed by atoms with Gasteiger partial charge in [0.05, 0.1) is 0 Å². The molecule has 6 rings (SSSR count). The lowest BCUT2D eigenvalue weighted by Crippen LogP contribution is -2.41. The van der Waals surface area contributed by atoms with Crippen molar-refractivity contribution in [2.24, 2.45) is 0 Å². The van der Waals surface area contributed by atoms with Gasteiger partial charge in [0.2, 0.25) is 0 Å². The highest BCUT2D eigenvalue weighted by Gasteiger charge is 2.24. The topological polar surface area (TPSA) is 12.0 Å². The molecule has 1 heteroatoms. The van der Waals surface area contributed by atoms with Crippen molar-refractivity contribution in [2.75, 3.05) is 0 Å². The first-order chi connectivity index (χ1) is 6.90. The molecule has 0 spiro atoms. The van der Waals surface area contributed by atoms with Gasteiger partial charge < -0.3 is 5.32 Å². The maximum absolute atomic E-state index is 3.84. The van der Waals surface area contributed by atoms with Crippen molar-refractivity contribution >= 4 is 0 Å². The summed E-state index contributed by atoms with van der Waals surface area (Å²) < 4.78 is 0. The Kier molecular flexibility index (Phi) is 2.23. The minimum Gasteiger partial charge on any atom is -0.311 e. The largest absolute Gasteiger partial charge is 0.311 e. The third kappa shape index (κ3) is 1.67. The van der Waals surface area contributed by atoms with Crippen LogP contribution in [0.1, 0.15) is 51.4 Å². The van der Waals surface area contributed by atoms with E-state index in [1.807, 2.05) is 0 Å². The fourth-order valence-corrected chi connectivity index (χ4v) is 3.10. The van der Waals surface area contributed by atoms with Gasteiger partial charge in [0, 0.05) is 12.1 Å². The summed E-state index contributed by atoms with van der Waals surface area (Å²) in [5.74, 6) is 0. The summed E-state index contributed by atoms with van der Waals surface area (Å²) in [6, 6.07) is 1.62. The fourth-order valence-electron chi connectivity index (χ4n) is 3.10. The normalized spacial score (nSPS) is 36.6. The smallest absolute Gasteiger partial charge is 0.00762 e. The standard InChI is InChI=1S/C13H19N/c1-5-12-6-2-10(1)9-11-3-7-13(14-12)8-4-11/h12-14H,1-8H2. The van der Waals surface area contributed by atoms with Crippen LogP contribution in [0.15, 0.2) is 16.9 Å². The van der Waals surface area contributed by atoms with E-state index in [0.717, 1.165) is 12.1 Å². The van der Waals surface area contributed by atoms with Crippen molar-refractivity contribution < 1.29 is 0 Å². The van der Waals surface area contributed by atoms with Gasteiger partial charge in [-0.1, -0.05) is 0 Å². The van der Waals surface area contributed by atoms with Gasteiger partial charge in [-0.25, -0.2) is 0 Å². The summed E-state index contributed by atoms with van der Waals surface area (Å²) in [7, 11) is 0. The van der Waals surface area contributed by atoms with Crippen molar-refractivity contribution in [3.8, 4) is 0 Å². The predicted molar refractivity (Wildman–Crippen MR) is 58.2 cm³/mol. The monoisotopic (exact) mass is 189 g/mol. The second-order valence-corrected chi connectivity index (χ2v) is 5.05. The molecule has 4 heterocycles. The van der Waals surface area contributed by atoms with Crippen molar-refractivity contribution in [1.29, 1.82) is 0 Å². The number of allylic oxidation sites excluding steroid dienone is 1. The molecule has 0 amide bonds. The zero-order valence-electron chi connectivity index (χ0n) is 8.81. The molecular weight excluding hydrogens is 170 g/mol. The molecule has 4 aliphatic heterocycles. The highest BCUT2D eigenvalue weighted by Crippen LogP contribution is 2.30. The Bertz CT molecular complexity index is 250. The van der Waals surface area contributed by atoms with Gasteiger partial charge in [-0.3, -0.25) is 0 Å². The molecule has 76 valence electrons. The summed E-state index contributed by atoms with van der Waals surface area (Å²) in [5, 5.41) is 3.84. The Morgan fingerprint density at radius 3 is 1.64 bits per heavy atom. The summed E-state index contributed by atoms with van der Waals surface area (Å²) in [4.78, 5) is 0. The predicted octanol–water partition coefficient (Wildman–Crippen LogP) is 2.93. The minimum atomic E-state index is 0.810. The molecule has 4 bridgehead atoms. The highest BCUT2D eigenvalue weighted by atomic mass is 15.0. The molecule has 6 aliphatic rings. The third-order valence-corrected chi connectivity index (χ3v) is 4.00. The van der Waals surface area contributed by atoms with E-state index in [1.54, 1.807) is 11.1 Å². The zero-order valence-corrected chi connectivity index (χ0v) is 8.81. The van der Waals surface area contributed by atoms with E-state index in [2.05, 4.69) is 11.0 Å². The first-order valence-corrected chi connectivity index (χ1v) is 6.12. The van der Waals surface area contributed by atoms with Crippen LogP contribution in [-0.4, -0.2) is 12.1 Å². The Morgan fingerprint density at radius 1 is 0.786 bits per heavy atom. The summed E-state index contributed by atoms with van der Waals surface area (Å²) in [6.45, 7) is 0. The molecular formula is C13H19N. The molecule has 0 atom stereocenters. The van der Waals surface area contributed by atoms with Gasteiger partial charge in [0.25, 0.3) is 0 Å². The maximum Gasteiger partial charge on any atom is 0.00762 e. The number of hydrogen-bond acceptors (Lipinski definition) is 1. The van der Waals surface area contributed by atoms with E-state index in [0.29, 0.717) is 0 Å². The van der Waals surface area contributed by atoms with Crippen LogP contribution in [0.5, 0.6) is 0 Å². The van der Waals surface area contributed by atoms with Crippen LogP contribution in [0, 0.1) is 0 Å². The van der Waals surface area contributed by atoms with Crippen LogP contribution in [-0.2, 0) is 0 Å². The Labute approximate surface area is 86.3 Å². The Hall–Kier alpha value is -0.520. The van der Waals surface area contributed by atoms with Crippen molar-refractivity contribution in [2.45, 2.75) is 63.5 Å². The highest BCUT2D eigenvalue weighted by molar-refractivity contribution is 5.15. The summed E-state index contributed by atoms with van der Waals surface area (Å²) >= 11 is 0. The fraction of sp³-hybridized carbons (Fsp3) is 0.769. The van der Waals surface area contributed by atoms with E-state index in [4.69, 9.17) is 0 Å². The molecule has 0 aromatic carbocycles. The van der Waals surface area contributed by atoms with Gasteiger partial charge in [-0.15, -0.1) is 5.73 Å². The van der Waals surface area contributed by atoms with Crippen LogP contribution in [0.3, 0.4) is 0 Å². The van der Waals surface area contributed by atoms with Crippen molar-refractivity contribution in [3.05, 3.63) is 16.9 Å². The molecule has 14 heavy (non-hydrogen) atoms. The Balaban J connectivity index is 1.96. The summed E-state index contributed by atoms with van der Waals surface area (Å²) in [6.07, 6.45) is 10.6. The zero-order chi connectivity index (χ0) is 9.38. The van der Waals surface area contributed by atoms with Gasteiger partial charge in [0.15, 0.2) is 0 Å². The quantitative estimate of drug-likeness (QED) is 0.578. The van der Waals surface area contributed by atoms with E-state index in [1.165, 1.54) is 51.4 Å². The maximum atomic E-state index is 3.84. The lowest BCUT2D eigenvalue weighted by Gasteiger charge is -2.33. The molecule has 2 aliphatic carbocycles. The first kappa shape index (κ1) is 8.76. The molecule has 1 N–H and O–H groups in total. The third-order valence-electron chi connectivity index (χ3n) is 4.00. The number of nitrogens with one attached hydrogen (secondary N) is 1. The van der Waals surface area contributed by atoms with Gasteiger partial charge in [-0.05, 0) is 62.5 Å². The molecule has 0 saturated heterocycles. The van der Waals surface area contributed by atoms with Crippen LogP contribution in [0.4, 0.5) is 0 Å². The summed E-state index contributed by atoms with van der Waals surface area (Å²) in [5.41, 5.74) is 6.92. The van der Waals surface area contributed by atoms with E-state index < -0.39 is 0 Å². The van der Waals surface area contributed by atoms with Crippen LogP contribution < -0.4 is 5.32 Å². The van der Waals surface area contributed by atoms with Gasteiger partial charge >= 0.3 is 0 Å². The van der Waals surface area contributed by atoms with Crippen LogP contribution in [0.2, 0.25) is 0 Å². The molecule has 0 radical (unpaired) electrons. The lowest BCUT2D eigenvalue weighted by atomic mass is 9.84. The molecule has 0 aromatic rings. The van der Waals surface area contributed by atoms with Gasteiger partial charge in [-0.2, -0.15) is 0 Å². The number of hydrogen-bond donors (Lipinski definition) is 1. The van der Waals surface area contributed by atoms with Gasteiger partial charge in [0.1, 0.15) is 0 Å². The molecule has 1 nitrogen and oxygen atoms in total.